The second-order valence-corrected chi connectivity index (χ2v) is 8.03. The molecule has 0 aliphatic heterocycles. The van der Waals surface area contributed by atoms with Gasteiger partial charge in [0.25, 0.3) is 0 Å². The van der Waals surface area contributed by atoms with Crippen molar-refractivity contribution in [3.8, 4) is 0 Å². The predicted molar refractivity (Wildman–Crippen MR) is 117 cm³/mol. The Hall–Kier alpha value is -3.22. The van der Waals surface area contributed by atoms with Crippen molar-refractivity contribution in [2.24, 2.45) is 5.16 Å². The SMILES string of the molecule is Cc1c(C)n(C2CCCCC2)c2ncn3nc(CO/N=C/c4ccccc4)nc3c12. The molecular formula is C23H26N6O. The van der Waals surface area contributed by atoms with Gasteiger partial charge in [0.05, 0.1) is 11.6 Å². The first-order valence-electron chi connectivity index (χ1n) is 10.6. The van der Waals surface area contributed by atoms with Crippen LogP contribution in [0, 0.1) is 13.8 Å². The van der Waals surface area contributed by atoms with Gasteiger partial charge in [-0.25, -0.2) is 14.5 Å². The van der Waals surface area contributed by atoms with Crippen molar-refractivity contribution in [2.75, 3.05) is 0 Å². The summed E-state index contributed by atoms with van der Waals surface area (Å²) in [7, 11) is 0. The second kappa shape index (κ2) is 7.89. The van der Waals surface area contributed by atoms with E-state index >= 15 is 0 Å². The lowest BCUT2D eigenvalue weighted by atomic mass is 9.95. The molecule has 0 radical (unpaired) electrons. The van der Waals surface area contributed by atoms with E-state index < -0.39 is 0 Å². The molecule has 0 spiro atoms. The standard InChI is InChI=1S/C23H26N6O/c1-16-17(2)29(19-11-7-4-8-12-19)22-21(16)23-26-20(27-28(23)15-24-22)14-30-25-13-18-9-5-3-6-10-18/h3,5-6,9-10,13,15,19H,4,7-8,11-12,14H2,1-2H3/b25-13+. The molecule has 0 atom stereocenters. The molecule has 0 amide bonds. The summed E-state index contributed by atoms with van der Waals surface area (Å²) in [5.41, 5.74) is 5.36. The van der Waals surface area contributed by atoms with E-state index in [1.807, 2.05) is 30.3 Å². The third-order valence-corrected chi connectivity index (χ3v) is 6.13. The molecule has 1 saturated carbocycles. The number of rotatable bonds is 5. The van der Waals surface area contributed by atoms with Crippen molar-refractivity contribution in [1.82, 2.24) is 24.1 Å². The first-order chi connectivity index (χ1) is 14.7. The monoisotopic (exact) mass is 402 g/mol. The van der Waals surface area contributed by atoms with E-state index in [0.29, 0.717) is 11.9 Å². The van der Waals surface area contributed by atoms with Gasteiger partial charge in [0.15, 0.2) is 18.1 Å². The Kier molecular flexibility index (Phi) is 4.94. The quantitative estimate of drug-likeness (QED) is 0.357. The summed E-state index contributed by atoms with van der Waals surface area (Å²) >= 11 is 0. The molecule has 7 nitrogen and oxygen atoms in total. The molecule has 4 aromatic rings. The average molecular weight is 403 g/mol. The summed E-state index contributed by atoms with van der Waals surface area (Å²) in [4.78, 5) is 14.9. The van der Waals surface area contributed by atoms with Crippen molar-refractivity contribution in [2.45, 2.75) is 58.6 Å². The summed E-state index contributed by atoms with van der Waals surface area (Å²) in [5, 5.41) is 9.66. The number of hydrogen-bond donors (Lipinski definition) is 0. The van der Waals surface area contributed by atoms with Crippen LogP contribution in [-0.2, 0) is 11.4 Å². The Morgan fingerprint density at radius 1 is 1.10 bits per heavy atom. The van der Waals surface area contributed by atoms with Crippen LogP contribution in [0.4, 0.5) is 0 Å². The van der Waals surface area contributed by atoms with Gasteiger partial charge in [0.2, 0.25) is 0 Å². The van der Waals surface area contributed by atoms with Crippen LogP contribution in [0.15, 0.2) is 41.8 Å². The largest absolute Gasteiger partial charge is 0.387 e. The van der Waals surface area contributed by atoms with Crippen LogP contribution in [0.1, 0.15) is 60.8 Å². The van der Waals surface area contributed by atoms with Crippen LogP contribution in [-0.4, -0.2) is 30.4 Å². The highest BCUT2D eigenvalue weighted by Crippen LogP contribution is 2.35. The molecule has 1 fully saturated rings. The molecule has 0 saturated heterocycles. The fourth-order valence-corrected chi connectivity index (χ4v) is 4.51. The topological polar surface area (TPSA) is 69.6 Å². The van der Waals surface area contributed by atoms with Crippen molar-refractivity contribution in [3.05, 3.63) is 59.3 Å². The van der Waals surface area contributed by atoms with E-state index in [1.165, 1.54) is 43.4 Å². The van der Waals surface area contributed by atoms with Gasteiger partial charge in [0.1, 0.15) is 12.0 Å². The van der Waals surface area contributed by atoms with Crippen molar-refractivity contribution in [1.29, 1.82) is 0 Å². The van der Waals surface area contributed by atoms with Gasteiger partial charge >= 0.3 is 0 Å². The molecule has 1 aliphatic carbocycles. The number of aromatic nitrogens is 5. The van der Waals surface area contributed by atoms with Crippen molar-refractivity contribution < 1.29 is 4.84 Å². The van der Waals surface area contributed by atoms with Gasteiger partial charge < -0.3 is 9.40 Å². The van der Waals surface area contributed by atoms with Crippen LogP contribution >= 0.6 is 0 Å². The molecule has 0 bridgehead atoms. The maximum absolute atomic E-state index is 5.43. The van der Waals surface area contributed by atoms with Gasteiger partial charge in [-0.2, -0.15) is 0 Å². The summed E-state index contributed by atoms with van der Waals surface area (Å²) < 4.78 is 4.18. The first kappa shape index (κ1) is 18.8. The zero-order valence-corrected chi connectivity index (χ0v) is 17.5. The third-order valence-electron chi connectivity index (χ3n) is 6.13. The lowest BCUT2D eigenvalue weighted by Crippen LogP contribution is -2.14. The van der Waals surface area contributed by atoms with Crippen molar-refractivity contribution in [3.63, 3.8) is 0 Å². The summed E-state index contributed by atoms with van der Waals surface area (Å²) in [6.45, 7) is 4.57. The van der Waals surface area contributed by atoms with Crippen LogP contribution < -0.4 is 0 Å². The Morgan fingerprint density at radius 2 is 1.90 bits per heavy atom. The summed E-state index contributed by atoms with van der Waals surface area (Å²) in [5.74, 6) is 0.594. The Bertz CT molecular complexity index is 1200. The fraction of sp³-hybridized carbons (Fsp3) is 0.391. The Labute approximate surface area is 175 Å². The van der Waals surface area contributed by atoms with E-state index in [0.717, 1.165) is 22.2 Å². The maximum Gasteiger partial charge on any atom is 0.192 e. The number of aryl methyl sites for hydroxylation is 1. The van der Waals surface area contributed by atoms with E-state index in [-0.39, 0.29) is 6.61 Å². The highest BCUT2D eigenvalue weighted by molar-refractivity contribution is 5.94. The summed E-state index contributed by atoms with van der Waals surface area (Å²) in [6, 6.07) is 10.4. The highest BCUT2D eigenvalue weighted by Gasteiger charge is 2.24. The summed E-state index contributed by atoms with van der Waals surface area (Å²) in [6.07, 6.45) is 9.82. The molecule has 7 heteroatoms. The molecule has 1 aromatic carbocycles. The minimum atomic E-state index is 0.216. The number of oxime groups is 1. The second-order valence-electron chi connectivity index (χ2n) is 8.03. The van der Waals surface area contributed by atoms with Gasteiger partial charge in [-0.3, -0.25) is 0 Å². The molecule has 5 rings (SSSR count). The van der Waals surface area contributed by atoms with Crippen LogP contribution in [0.25, 0.3) is 16.7 Å². The molecule has 3 heterocycles. The molecule has 3 aromatic heterocycles. The maximum atomic E-state index is 5.43. The highest BCUT2D eigenvalue weighted by atomic mass is 16.6. The van der Waals surface area contributed by atoms with Gasteiger partial charge in [0, 0.05) is 11.7 Å². The van der Waals surface area contributed by atoms with Gasteiger partial charge in [-0.1, -0.05) is 54.8 Å². The number of fused-ring (bicyclic) bond motifs is 3. The van der Waals surface area contributed by atoms with E-state index in [2.05, 4.69) is 28.7 Å². The van der Waals surface area contributed by atoms with Crippen LogP contribution in [0.5, 0.6) is 0 Å². The molecule has 0 N–H and O–H groups in total. The fourth-order valence-electron chi connectivity index (χ4n) is 4.51. The average Bonchev–Trinajstić information content (AvgIpc) is 3.31. The lowest BCUT2D eigenvalue weighted by molar-refractivity contribution is 0.126. The third kappa shape index (κ3) is 3.34. The number of nitrogens with zero attached hydrogens (tertiary/aromatic N) is 6. The molecule has 0 unspecified atom stereocenters. The van der Waals surface area contributed by atoms with E-state index in [9.17, 15) is 0 Å². The molecular weight excluding hydrogens is 376 g/mol. The Balaban J connectivity index is 1.44. The zero-order valence-electron chi connectivity index (χ0n) is 17.5. The van der Waals surface area contributed by atoms with Crippen LogP contribution in [0.3, 0.4) is 0 Å². The normalized spacial score (nSPS) is 15.5. The first-order valence-corrected chi connectivity index (χ1v) is 10.6. The number of benzene rings is 1. The van der Waals surface area contributed by atoms with Gasteiger partial charge in [-0.15, -0.1) is 5.10 Å². The van der Waals surface area contributed by atoms with E-state index in [1.54, 1.807) is 17.1 Å². The molecule has 1 aliphatic rings. The smallest absolute Gasteiger partial charge is 0.192 e. The predicted octanol–water partition coefficient (Wildman–Crippen LogP) is 4.75. The minimum absolute atomic E-state index is 0.216. The van der Waals surface area contributed by atoms with Crippen molar-refractivity contribution >= 4 is 22.9 Å². The Morgan fingerprint density at radius 3 is 2.70 bits per heavy atom. The van der Waals surface area contributed by atoms with E-state index in [4.69, 9.17) is 14.8 Å². The van der Waals surface area contributed by atoms with Gasteiger partial charge in [-0.05, 0) is 37.8 Å². The zero-order chi connectivity index (χ0) is 20.5. The molecule has 154 valence electrons. The lowest BCUT2D eigenvalue weighted by Gasteiger charge is -2.25. The van der Waals surface area contributed by atoms with Crippen LogP contribution in [0.2, 0.25) is 0 Å². The molecule has 30 heavy (non-hydrogen) atoms. The number of hydrogen-bond acceptors (Lipinski definition) is 5. The minimum Gasteiger partial charge on any atom is -0.387 e.